The van der Waals surface area contributed by atoms with Crippen molar-refractivity contribution in [3.8, 4) is 79.9 Å². The van der Waals surface area contributed by atoms with Crippen LogP contribution in [0.25, 0.3) is 44.9 Å². The van der Waals surface area contributed by atoms with Gasteiger partial charge in [0.1, 0.15) is 11.5 Å². The first-order valence-electron chi connectivity index (χ1n) is 30.0. The molecule has 0 aliphatic carbocycles. The second-order valence-electron chi connectivity index (χ2n) is 21.4. The molecule has 3 aromatic carbocycles. The molecular formula is C71H61BF12N8O10S. The van der Waals surface area contributed by atoms with Gasteiger partial charge in [-0.2, -0.15) is 61.1 Å². The Balaban J connectivity index is 0.000000201. The van der Waals surface area contributed by atoms with Gasteiger partial charge in [0.2, 0.25) is 23.5 Å². The van der Waals surface area contributed by atoms with Crippen molar-refractivity contribution in [1.82, 2.24) is 39.9 Å². The van der Waals surface area contributed by atoms with E-state index in [0.29, 0.717) is 52.3 Å². The first kappa shape index (κ1) is 79.1. The smallest absolute Gasteiger partial charge is 0.508 e. The van der Waals surface area contributed by atoms with E-state index in [9.17, 15) is 66.2 Å². The fourth-order valence-corrected chi connectivity index (χ4v) is 9.65. The Bertz CT molecular complexity index is 4640. The van der Waals surface area contributed by atoms with Gasteiger partial charge >= 0.3 is 41.3 Å². The number of aryl methyl sites for hydroxylation is 1. The van der Waals surface area contributed by atoms with Gasteiger partial charge < -0.3 is 38.3 Å². The maximum Gasteiger partial charge on any atom is 0.534 e. The highest BCUT2D eigenvalue weighted by Crippen LogP contribution is 2.33. The zero-order valence-corrected chi connectivity index (χ0v) is 54.1. The zero-order valence-electron chi connectivity index (χ0n) is 53.3. The number of para-hydroxylation sites is 2. The molecule has 0 bridgehead atoms. The van der Waals surface area contributed by atoms with Crippen molar-refractivity contribution >= 4 is 22.7 Å². The molecule has 11 aromatic rings. The van der Waals surface area contributed by atoms with Gasteiger partial charge in [0.05, 0.1) is 24.2 Å². The molecule has 0 aliphatic rings. The SMILES string of the molecule is C.COc1ncccc1B(O)O.Cc1ncccc1-c1ccccc1Cc1cccc(-c2ccc(OCC(F)(F)F)nc2)n1.O=S(=O)(Oc1ccccc1Cc1cccc(-c2ccc(OCC(F)(F)F)nc2)n1)C(F)(F)F.Oc1ccccc1Cc1cccc(-c2ccc(OCC(F)(F)F)nc2)n1. The van der Waals surface area contributed by atoms with Crippen molar-refractivity contribution in [2.45, 2.75) is 57.7 Å². The highest BCUT2D eigenvalue weighted by atomic mass is 32.2. The molecule has 0 amide bonds. The van der Waals surface area contributed by atoms with Crippen molar-refractivity contribution in [2.75, 3.05) is 26.9 Å². The van der Waals surface area contributed by atoms with Gasteiger partial charge in [-0.05, 0) is 102 Å². The summed E-state index contributed by atoms with van der Waals surface area (Å²) in [6, 6.07) is 52.2. The lowest BCUT2D eigenvalue weighted by atomic mass is 9.81. The number of hydrogen-bond donors (Lipinski definition) is 3. The van der Waals surface area contributed by atoms with Crippen LogP contribution in [-0.4, -0.2) is 122 Å². The third-order valence-electron chi connectivity index (χ3n) is 13.8. The third-order valence-corrected chi connectivity index (χ3v) is 14.8. The molecule has 11 rings (SSSR count). The molecule has 0 atom stereocenters. The average Bonchev–Trinajstić information content (AvgIpc) is 0.823. The summed E-state index contributed by atoms with van der Waals surface area (Å²) in [5.41, 5.74) is 5.35. The predicted molar refractivity (Wildman–Crippen MR) is 357 cm³/mol. The first-order valence-corrected chi connectivity index (χ1v) is 31.4. The molecule has 32 heteroatoms. The molecule has 0 saturated carbocycles. The van der Waals surface area contributed by atoms with E-state index in [-0.39, 0.29) is 54.1 Å². The molecule has 0 saturated heterocycles. The number of ether oxygens (including phenoxy) is 4. The van der Waals surface area contributed by atoms with Gasteiger partial charge in [-0.25, -0.2) is 19.9 Å². The van der Waals surface area contributed by atoms with E-state index in [0.717, 1.165) is 45.4 Å². The summed E-state index contributed by atoms with van der Waals surface area (Å²) in [6.45, 7) is -2.25. The Hall–Kier alpha value is -11.2. The molecular weight excluding hydrogens is 1400 g/mol. The Labute approximate surface area is 582 Å². The summed E-state index contributed by atoms with van der Waals surface area (Å²) >= 11 is 0. The van der Waals surface area contributed by atoms with Crippen LogP contribution in [0.2, 0.25) is 0 Å². The number of phenolic OH excluding ortho intramolecular Hbond substituents is 1. The molecule has 0 fully saturated rings. The quantitative estimate of drug-likeness (QED) is 0.0278. The maximum absolute atomic E-state index is 12.7. The molecule has 0 radical (unpaired) electrons. The number of halogens is 12. The molecule has 8 aromatic heterocycles. The van der Waals surface area contributed by atoms with E-state index in [1.807, 2.05) is 67.6 Å². The van der Waals surface area contributed by atoms with E-state index in [1.165, 1.54) is 80.4 Å². The van der Waals surface area contributed by atoms with Crippen LogP contribution in [0.5, 0.6) is 35.0 Å². The summed E-state index contributed by atoms with van der Waals surface area (Å²) in [4.78, 5) is 33.4. The number of methoxy groups -OCH3 is 1. The summed E-state index contributed by atoms with van der Waals surface area (Å²) in [7, 11) is -5.95. The van der Waals surface area contributed by atoms with Crippen LogP contribution in [0.4, 0.5) is 52.7 Å². The van der Waals surface area contributed by atoms with E-state index < -0.39 is 66.8 Å². The van der Waals surface area contributed by atoms with Crippen molar-refractivity contribution in [3.05, 3.63) is 259 Å². The number of nitrogens with zero attached hydrogens (tertiary/aromatic N) is 8. The largest absolute Gasteiger partial charge is 0.534 e. The Kier molecular flexibility index (Phi) is 27.5. The molecule has 0 unspecified atom stereocenters. The average molecular weight is 1460 g/mol. The highest BCUT2D eigenvalue weighted by molar-refractivity contribution is 7.88. The number of pyridine rings is 8. The van der Waals surface area contributed by atoms with Crippen LogP contribution in [0.15, 0.2) is 219 Å². The minimum atomic E-state index is -5.85. The van der Waals surface area contributed by atoms with Crippen LogP contribution < -0.4 is 28.6 Å². The number of rotatable bonds is 20. The van der Waals surface area contributed by atoms with Crippen molar-refractivity contribution < 1.29 is 99.4 Å². The van der Waals surface area contributed by atoms with E-state index >= 15 is 0 Å². The van der Waals surface area contributed by atoms with Crippen LogP contribution in [0.3, 0.4) is 0 Å². The second kappa shape index (κ2) is 35.9. The van der Waals surface area contributed by atoms with Crippen LogP contribution in [-0.2, 0) is 29.4 Å². The molecule has 0 aliphatic heterocycles. The third kappa shape index (κ3) is 24.8. The van der Waals surface area contributed by atoms with E-state index in [2.05, 4.69) is 71.5 Å². The Morgan fingerprint density at radius 1 is 0.437 bits per heavy atom. The second-order valence-corrected chi connectivity index (χ2v) is 23.0. The number of aromatic nitrogens is 8. The normalized spacial score (nSPS) is 11.4. The maximum atomic E-state index is 12.7. The number of hydrogen-bond acceptors (Lipinski definition) is 18. The zero-order chi connectivity index (χ0) is 73.7. The molecule has 103 heavy (non-hydrogen) atoms. The molecule has 0 spiro atoms. The fourth-order valence-electron chi connectivity index (χ4n) is 9.15. The van der Waals surface area contributed by atoms with E-state index in [1.54, 1.807) is 60.8 Å². The molecule has 538 valence electrons. The van der Waals surface area contributed by atoms with Gasteiger partial charge in [0.25, 0.3) is 0 Å². The highest BCUT2D eigenvalue weighted by Gasteiger charge is 2.49. The van der Waals surface area contributed by atoms with Crippen LogP contribution in [0.1, 0.15) is 46.9 Å². The lowest BCUT2D eigenvalue weighted by Crippen LogP contribution is -2.31. The molecule has 8 heterocycles. The lowest BCUT2D eigenvalue weighted by molar-refractivity contribution is -0.154. The van der Waals surface area contributed by atoms with Gasteiger partial charge in [0.15, 0.2) is 19.8 Å². The summed E-state index contributed by atoms with van der Waals surface area (Å²) in [5.74, 6) is -0.464. The van der Waals surface area contributed by atoms with Crippen molar-refractivity contribution in [3.63, 3.8) is 0 Å². The van der Waals surface area contributed by atoms with Gasteiger partial charge in [-0.3, -0.25) is 19.9 Å². The number of benzene rings is 3. The number of aromatic hydroxyl groups is 1. The van der Waals surface area contributed by atoms with Gasteiger partial charge in [-0.1, -0.05) is 98.4 Å². The van der Waals surface area contributed by atoms with Crippen molar-refractivity contribution in [1.29, 1.82) is 0 Å². The summed E-state index contributed by atoms with van der Waals surface area (Å²) in [6.07, 6.45) is -4.86. The minimum Gasteiger partial charge on any atom is -0.508 e. The standard InChI is InChI=1S/C25H20F3N3O.C20H14F6N2O4S.C19H15F3N2O2.C6H8BNO3.CH4/c1-17-21(9-5-13-29-17)22-8-3-2-6-18(22)14-20-7-4-10-23(31-20)19-11-12-24(30-15-19)32-16-25(26,27)28;21-19(22,23)12-31-18-9-8-14(11-27-18)16-6-3-5-15(28-16)10-13-4-1-2-7-17(13)32-33(29,30)20(24,25)26;20-19(21,22)12-26-18-9-8-14(11-23-18)16-6-3-5-15(24-16)10-13-4-1-2-7-17(13)25;1-11-6-5(7(9)10)3-2-4-8-6;/h2-13,15H,14,16H2,1H3;1-9,11H,10,12H2;1-9,11,25H,10,12H2;2-4,9-10H,1H3;1H4. The number of alkyl halides is 12. The predicted octanol–water partition coefficient (Wildman–Crippen LogP) is 14.7. The lowest BCUT2D eigenvalue weighted by Gasteiger charge is -2.13. The van der Waals surface area contributed by atoms with Crippen molar-refractivity contribution in [2.24, 2.45) is 0 Å². The fraction of sp³-hybridized carbons (Fsp3) is 0.183. The van der Waals surface area contributed by atoms with Gasteiger partial charge in [-0.15, -0.1) is 0 Å². The van der Waals surface area contributed by atoms with Crippen LogP contribution >= 0.6 is 0 Å². The number of phenols is 1. The molecule has 3 N–H and O–H groups in total. The van der Waals surface area contributed by atoms with Gasteiger partial charge in [0, 0.05) is 125 Å². The summed E-state index contributed by atoms with van der Waals surface area (Å²) in [5, 5.41) is 27.4. The Morgan fingerprint density at radius 2 is 0.835 bits per heavy atom. The Morgan fingerprint density at radius 3 is 1.24 bits per heavy atom. The summed E-state index contributed by atoms with van der Waals surface area (Å²) < 4.78 is 194. The van der Waals surface area contributed by atoms with Crippen LogP contribution in [0, 0.1) is 6.92 Å². The van der Waals surface area contributed by atoms with E-state index in [4.69, 9.17) is 19.8 Å². The topological polar surface area (TPSA) is 244 Å². The first-order chi connectivity index (χ1) is 48.4. The molecule has 18 nitrogen and oxygen atoms in total. The monoisotopic (exact) mass is 1460 g/mol. The minimum absolute atomic E-state index is 0.